The molecule has 0 bridgehead atoms. The first-order valence-corrected chi connectivity index (χ1v) is 6.60. The molecule has 0 radical (unpaired) electrons. The van der Waals surface area contributed by atoms with Crippen LogP contribution in [0.3, 0.4) is 0 Å². The zero-order chi connectivity index (χ0) is 14.7. The number of nitro groups is 1. The van der Waals surface area contributed by atoms with Gasteiger partial charge in [-0.2, -0.15) is 0 Å². The molecule has 1 aromatic carbocycles. The van der Waals surface area contributed by atoms with Gasteiger partial charge < -0.3 is 9.64 Å². The molecule has 108 valence electrons. The Morgan fingerprint density at radius 2 is 2.05 bits per heavy atom. The maximum absolute atomic E-state index is 11.4. The molecular weight excluding hydrogens is 260 g/mol. The van der Waals surface area contributed by atoms with Crippen LogP contribution < -0.4 is 9.64 Å². The minimum absolute atomic E-state index is 0.0469. The van der Waals surface area contributed by atoms with E-state index in [4.69, 9.17) is 4.74 Å². The minimum Gasteiger partial charge on any atom is -0.496 e. The van der Waals surface area contributed by atoms with E-state index in [0.29, 0.717) is 24.5 Å². The van der Waals surface area contributed by atoms with Crippen molar-refractivity contribution >= 4 is 17.2 Å². The second-order valence-electron chi connectivity index (χ2n) is 4.98. The quantitative estimate of drug-likeness (QED) is 0.624. The molecule has 6 nitrogen and oxygen atoms in total. The number of rotatable bonds is 4. The van der Waals surface area contributed by atoms with Crippen LogP contribution in [-0.2, 0) is 4.79 Å². The van der Waals surface area contributed by atoms with Gasteiger partial charge in [0.2, 0.25) is 0 Å². The van der Waals surface area contributed by atoms with E-state index in [9.17, 15) is 14.9 Å². The van der Waals surface area contributed by atoms with Crippen molar-refractivity contribution in [3.63, 3.8) is 0 Å². The van der Waals surface area contributed by atoms with Crippen molar-refractivity contribution in [2.45, 2.75) is 19.8 Å². The number of ether oxygens (including phenoxy) is 1. The van der Waals surface area contributed by atoms with E-state index in [1.54, 1.807) is 19.1 Å². The fraction of sp³-hybridized carbons (Fsp3) is 0.500. The van der Waals surface area contributed by atoms with Gasteiger partial charge in [-0.1, -0.05) is 0 Å². The van der Waals surface area contributed by atoms with Gasteiger partial charge in [0.15, 0.2) is 0 Å². The van der Waals surface area contributed by atoms with Crippen LogP contribution in [0.5, 0.6) is 5.75 Å². The van der Waals surface area contributed by atoms with Crippen molar-refractivity contribution in [2.24, 2.45) is 5.92 Å². The Labute approximate surface area is 117 Å². The van der Waals surface area contributed by atoms with E-state index < -0.39 is 4.92 Å². The van der Waals surface area contributed by atoms with Gasteiger partial charge in [0, 0.05) is 19.0 Å². The molecule has 1 fully saturated rings. The number of methoxy groups -OCH3 is 1. The topological polar surface area (TPSA) is 72.7 Å². The van der Waals surface area contributed by atoms with Crippen LogP contribution >= 0.6 is 0 Å². The number of anilines is 1. The molecule has 0 aliphatic carbocycles. The van der Waals surface area contributed by atoms with Crippen molar-refractivity contribution in [2.75, 3.05) is 25.1 Å². The number of hydrogen-bond donors (Lipinski definition) is 0. The van der Waals surface area contributed by atoms with E-state index in [-0.39, 0.29) is 17.4 Å². The lowest BCUT2D eigenvalue weighted by atomic mass is 9.93. The fourth-order valence-electron chi connectivity index (χ4n) is 2.57. The molecule has 0 N–H and O–H groups in total. The predicted octanol–water partition coefficient (Wildman–Crippen LogP) is 2.41. The zero-order valence-corrected chi connectivity index (χ0v) is 11.7. The van der Waals surface area contributed by atoms with Crippen LogP contribution in [0.4, 0.5) is 11.4 Å². The highest BCUT2D eigenvalue weighted by atomic mass is 16.6. The Hall–Kier alpha value is -2.11. The normalized spacial score (nSPS) is 16.0. The highest BCUT2D eigenvalue weighted by Gasteiger charge is 2.26. The molecule has 0 saturated carbocycles. The standard InChI is InChI=1S/C14H18N2O4/c1-10(17)11-5-7-15(8-6-11)13-4-3-12(20-2)9-14(13)16(18)19/h3-4,9,11H,5-8H2,1-2H3. The fourth-order valence-corrected chi connectivity index (χ4v) is 2.57. The summed E-state index contributed by atoms with van der Waals surface area (Å²) in [4.78, 5) is 24.1. The van der Waals surface area contributed by atoms with Gasteiger partial charge in [0.1, 0.15) is 17.2 Å². The Morgan fingerprint density at radius 3 is 2.55 bits per heavy atom. The number of ketones is 1. The van der Waals surface area contributed by atoms with Crippen LogP contribution in [0, 0.1) is 16.0 Å². The van der Waals surface area contributed by atoms with Gasteiger partial charge in [-0.15, -0.1) is 0 Å². The molecule has 1 aromatic rings. The molecule has 0 unspecified atom stereocenters. The Kier molecular flexibility index (Phi) is 4.22. The van der Waals surface area contributed by atoms with Gasteiger partial charge in [0.05, 0.1) is 18.1 Å². The highest BCUT2D eigenvalue weighted by Crippen LogP contribution is 2.34. The van der Waals surface area contributed by atoms with Crippen LogP contribution in [0.2, 0.25) is 0 Å². The minimum atomic E-state index is -0.394. The summed E-state index contributed by atoms with van der Waals surface area (Å²) in [5, 5.41) is 11.2. The van der Waals surface area contributed by atoms with Crippen LogP contribution in [0.15, 0.2) is 18.2 Å². The molecule has 1 heterocycles. The molecule has 0 amide bonds. The summed E-state index contributed by atoms with van der Waals surface area (Å²) < 4.78 is 5.03. The number of Topliss-reactive ketones (excluding diaryl/α,β-unsaturated/α-hetero) is 1. The summed E-state index contributed by atoms with van der Waals surface area (Å²) >= 11 is 0. The number of nitrogens with zero attached hydrogens (tertiary/aromatic N) is 2. The lowest BCUT2D eigenvalue weighted by molar-refractivity contribution is -0.384. The largest absolute Gasteiger partial charge is 0.496 e. The maximum Gasteiger partial charge on any atom is 0.296 e. The van der Waals surface area contributed by atoms with Crippen molar-refractivity contribution in [1.82, 2.24) is 0 Å². The second-order valence-corrected chi connectivity index (χ2v) is 4.98. The summed E-state index contributed by atoms with van der Waals surface area (Å²) in [6.07, 6.45) is 1.50. The Morgan fingerprint density at radius 1 is 1.40 bits per heavy atom. The smallest absolute Gasteiger partial charge is 0.296 e. The summed E-state index contributed by atoms with van der Waals surface area (Å²) in [6.45, 7) is 2.94. The van der Waals surface area contributed by atoms with Crippen LogP contribution in [0.25, 0.3) is 0 Å². The third kappa shape index (κ3) is 2.89. The van der Waals surface area contributed by atoms with Gasteiger partial charge in [-0.05, 0) is 31.9 Å². The summed E-state index contributed by atoms with van der Waals surface area (Å²) in [5.41, 5.74) is 0.642. The molecule has 2 rings (SSSR count). The Balaban J connectivity index is 2.21. The molecule has 20 heavy (non-hydrogen) atoms. The first-order valence-electron chi connectivity index (χ1n) is 6.60. The SMILES string of the molecule is COc1ccc(N2CCC(C(C)=O)CC2)c([N+](=O)[O-])c1. The van der Waals surface area contributed by atoms with Crippen molar-refractivity contribution in [3.05, 3.63) is 28.3 Å². The van der Waals surface area contributed by atoms with Gasteiger partial charge >= 0.3 is 0 Å². The number of carbonyl (C=O) groups is 1. The molecule has 1 aliphatic rings. The lowest BCUT2D eigenvalue weighted by Crippen LogP contribution is -2.36. The first kappa shape index (κ1) is 14.3. The first-order chi connectivity index (χ1) is 9.52. The number of nitro benzene ring substituents is 1. The monoisotopic (exact) mass is 278 g/mol. The van der Waals surface area contributed by atoms with Crippen molar-refractivity contribution < 1.29 is 14.5 Å². The average molecular weight is 278 g/mol. The van der Waals surface area contributed by atoms with Gasteiger partial charge in [0.25, 0.3) is 5.69 Å². The molecule has 6 heteroatoms. The summed E-state index contributed by atoms with van der Waals surface area (Å²) in [7, 11) is 1.48. The lowest BCUT2D eigenvalue weighted by Gasteiger charge is -2.32. The van der Waals surface area contributed by atoms with Crippen LogP contribution in [-0.4, -0.2) is 30.9 Å². The molecule has 0 aromatic heterocycles. The van der Waals surface area contributed by atoms with Crippen molar-refractivity contribution in [3.8, 4) is 5.75 Å². The van der Waals surface area contributed by atoms with Gasteiger partial charge in [-0.25, -0.2) is 0 Å². The molecular formula is C14H18N2O4. The molecule has 0 atom stereocenters. The number of piperidine rings is 1. The third-order valence-corrected chi connectivity index (χ3v) is 3.79. The number of carbonyl (C=O) groups excluding carboxylic acids is 1. The summed E-state index contributed by atoms with van der Waals surface area (Å²) in [5.74, 6) is 0.761. The predicted molar refractivity (Wildman–Crippen MR) is 75.3 cm³/mol. The average Bonchev–Trinajstić information content (AvgIpc) is 2.46. The molecule has 1 saturated heterocycles. The van der Waals surface area contributed by atoms with E-state index in [1.165, 1.54) is 13.2 Å². The highest BCUT2D eigenvalue weighted by molar-refractivity contribution is 5.78. The van der Waals surface area contributed by atoms with Gasteiger partial charge in [-0.3, -0.25) is 14.9 Å². The van der Waals surface area contributed by atoms with E-state index in [2.05, 4.69) is 0 Å². The Bertz CT molecular complexity index is 522. The second kappa shape index (κ2) is 5.90. The van der Waals surface area contributed by atoms with Crippen LogP contribution in [0.1, 0.15) is 19.8 Å². The molecule has 1 aliphatic heterocycles. The van der Waals surface area contributed by atoms with E-state index in [1.807, 2.05) is 4.90 Å². The molecule has 0 spiro atoms. The van der Waals surface area contributed by atoms with E-state index >= 15 is 0 Å². The number of benzene rings is 1. The summed E-state index contributed by atoms with van der Waals surface area (Å²) in [6, 6.07) is 4.87. The van der Waals surface area contributed by atoms with E-state index in [0.717, 1.165) is 12.8 Å². The zero-order valence-electron chi connectivity index (χ0n) is 11.7. The maximum atomic E-state index is 11.4. The third-order valence-electron chi connectivity index (χ3n) is 3.79. The van der Waals surface area contributed by atoms with Crippen molar-refractivity contribution in [1.29, 1.82) is 0 Å². The number of hydrogen-bond acceptors (Lipinski definition) is 5.